The van der Waals surface area contributed by atoms with E-state index in [0.717, 1.165) is 49.3 Å². The molecule has 0 amide bonds. The summed E-state index contributed by atoms with van der Waals surface area (Å²) >= 11 is 0. The van der Waals surface area contributed by atoms with E-state index < -0.39 is 0 Å². The van der Waals surface area contributed by atoms with Crippen LogP contribution in [0.2, 0.25) is 0 Å². The summed E-state index contributed by atoms with van der Waals surface area (Å²) in [4.78, 5) is 2.40. The molecule has 0 aliphatic carbocycles. The zero-order valence-corrected chi connectivity index (χ0v) is 19.6. The number of allylic oxidation sites excluding steroid dienone is 1. The Morgan fingerprint density at radius 2 is 1.94 bits per heavy atom. The van der Waals surface area contributed by atoms with E-state index in [1.54, 1.807) is 6.08 Å². The van der Waals surface area contributed by atoms with Crippen LogP contribution in [0.4, 0.5) is 0 Å². The van der Waals surface area contributed by atoms with Crippen LogP contribution in [0.25, 0.3) is 11.6 Å². The summed E-state index contributed by atoms with van der Waals surface area (Å²) in [5.41, 5.74) is 7.70. The number of nitrogens with one attached hydrogen (secondary N) is 2. The number of aryl methyl sites for hydroxylation is 1. The molecule has 0 bridgehead atoms. The highest BCUT2D eigenvalue weighted by molar-refractivity contribution is 5.66. The Morgan fingerprint density at radius 3 is 2.61 bits per heavy atom. The van der Waals surface area contributed by atoms with Gasteiger partial charge in [0, 0.05) is 30.5 Å². The summed E-state index contributed by atoms with van der Waals surface area (Å²) in [5, 5.41) is 14.8. The average Bonchev–Trinajstić information content (AvgIpc) is 3.36. The lowest BCUT2D eigenvalue weighted by Crippen LogP contribution is -2.35. The van der Waals surface area contributed by atoms with Crippen molar-refractivity contribution in [3.63, 3.8) is 0 Å². The first-order valence-electron chi connectivity index (χ1n) is 11.5. The van der Waals surface area contributed by atoms with Crippen molar-refractivity contribution in [2.45, 2.75) is 38.8 Å². The van der Waals surface area contributed by atoms with Gasteiger partial charge in [-0.3, -0.25) is 5.32 Å². The Balaban J connectivity index is 1.68. The number of hydrogen-bond acceptors (Lipinski definition) is 4. The lowest BCUT2D eigenvalue weighted by atomic mass is 9.99. The van der Waals surface area contributed by atoms with Gasteiger partial charge in [-0.25, -0.2) is 0 Å². The molecule has 2 aromatic rings. The minimum Gasteiger partial charge on any atom is -0.369 e. The Labute approximate surface area is 198 Å². The zero-order valence-electron chi connectivity index (χ0n) is 19.6. The van der Waals surface area contributed by atoms with Crippen molar-refractivity contribution in [1.82, 2.24) is 15.5 Å². The van der Waals surface area contributed by atoms with Gasteiger partial charge in [-0.1, -0.05) is 74.3 Å². The van der Waals surface area contributed by atoms with E-state index in [4.69, 9.17) is 5.26 Å². The van der Waals surface area contributed by atoms with E-state index in [1.807, 2.05) is 12.3 Å². The third-order valence-corrected chi connectivity index (χ3v) is 6.12. The summed E-state index contributed by atoms with van der Waals surface area (Å²) < 4.78 is 0. The van der Waals surface area contributed by atoms with Crippen LogP contribution in [-0.2, 0) is 6.54 Å². The fourth-order valence-corrected chi connectivity index (χ4v) is 4.15. The molecule has 0 spiro atoms. The molecule has 2 aromatic carbocycles. The standard InChI is InChI=1S/C29H34N4/c1-22-8-5-6-9-28(22)23(2)17-19-33(25(4)29-10-7-18-31-29)20-27-15-13-26(14-16-27)12-11-24(3)32-21-30/h5-6,8-9,11-16,29,31-32H,2-4,7,10,17-20H2,1H3/b12-11+. The maximum Gasteiger partial charge on any atom is 0.181 e. The van der Waals surface area contributed by atoms with E-state index in [0.29, 0.717) is 11.7 Å². The van der Waals surface area contributed by atoms with Crippen LogP contribution < -0.4 is 10.6 Å². The van der Waals surface area contributed by atoms with Crippen LogP contribution in [0.15, 0.2) is 85.7 Å². The molecule has 0 radical (unpaired) electrons. The van der Waals surface area contributed by atoms with Crippen LogP contribution in [0.1, 0.15) is 41.5 Å². The van der Waals surface area contributed by atoms with Crippen molar-refractivity contribution in [3.8, 4) is 6.19 Å². The minimum absolute atomic E-state index is 0.345. The fraction of sp³-hybridized carbons (Fsp3) is 0.276. The molecule has 0 saturated carbocycles. The average molecular weight is 439 g/mol. The predicted octanol–water partition coefficient (Wildman–Crippen LogP) is 5.76. The summed E-state index contributed by atoms with van der Waals surface area (Å²) in [6.45, 7) is 17.5. The molecule has 3 rings (SSSR count). The van der Waals surface area contributed by atoms with Crippen LogP contribution in [0.5, 0.6) is 0 Å². The summed E-state index contributed by atoms with van der Waals surface area (Å²) in [6.07, 6.45) is 8.85. The maximum absolute atomic E-state index is 8.66. The Bertz CT molecular complexity index is 1050. The Morgan fingerprint density at radius 1 is 1.18 bits per heavy atom. The van der Waals surface area contributed by atoms with Crippen molar-refractivity contribution < 1.29 is 0 Å². The van der Waals surface area contributed by atoms with Crippen molar-refractivity contribution in [2.75, 3.05) is 13.1 Å². The number of nitrogens with zero attached hydrogens (tertiary/aromatic N) is 2. The van der Waals surface area contributed by atoms with Crippen molar-refractivity contribution in [2.24, 2.45) is 0 Å². The molecular formula is C29H34N4. The fourth-order valence-electron chi connectivity index (χ4n) is 4.15. The van der Waals surface area contributed by atoms with Gasteiger partial charge in [-0.15, -0.1) is 0 Å². The van der Waals surface area contributed by atoms with Gasteiger partial charge in [0.05, 0.1) is 0 Å². The van der Waals surface area contributed by atoms with E-state index in [1.165, 1.54) is 23.1 Å². The van der Waals surface area contributed by atoms with Gasteiger partial charge in [-0.2, -0.15) is 5.26 Å². The molecule has 1 atom stereocenters. The molecular weight excluding hydrogens is 404 g/mol. The molecule has 170 valence electrons. The monoisotopic (exact) mass is 438 g/mol. The quantitative estimate of drug-likeness (QED) is 0.266. The van der Waals surface area contributed by atoms with Crippen molar-refractivity contribution in [1.29, 1.82) is 5.26 Å². The first-order valence-corrected chi connectivity index (χ1v) is 11.5. The number of nitriles is 1. The molecule has 1 heterocycles. The second kappa shape index (κ2) is 11.9. The summed E-state index contributed by atoms with van der Waals surface area (Å²) in [5.74, 6) is 0. The normalized spacial score (nSPS) is 15.2. The molecule has 33 heavy (non-hydrogen) atoms. The van der Waals surface area contributed by atoms with Gasteiger partial charge in [-0.05, 0) is 66.6 Å². The third kappa shape index (κ3) is 6.97. The molecule has 1 fully saturated rings. The molecule has 1 unspecified atom stereocenters. The third-order valence-electron chi connectivity index (χ3n) is 6.12. The first-order chi connectivity index (χ1) is 16.0. The Kier molecular flexibility index (Phi) is 8.69. The SMILES string of the molecule is C=C(/C=C/c1ccc(CN(CCC(=C)c2ccccc2C)C(=C)C2CCCN2)cc1)NC#N. The highest BCUT2D eigenvalue weighted by atomic mass is 15.2. The van der Waals surface area contributed by atoms with E-state index >= 15 is 0 Å². The van der Waals surface area contributed by atoms with Gasteiger partial charge in [0.25, 0.3) is 0 Å². The molecule has 2 N–H and O–H groups in total. The van der Waals surface area contributed by atoms with Gasteiger partial charge in [0.2, 0.25) is 0 Å². The van der Waals surface area contributed by atoms with Gasteiger partial charge >= 0.3 is 0 Å². The summed E-state index contributed by atoms with van der Waals surface area (Å²) in [7, 11) is 0. The van der Waals surface area contributed by atoms with Crippen LogP contribution in [-0.4, -0.2) is 24.0 Å². The molecule has 1 saturated heterocycles. The second-order valence-electron chi connectivity index (χ2n) is 8.57. The largest absolute Gasteiger partial charge is 0.369 e. The smallest absolute Gasteiger partial charge is 0.181 e. The summed E-state index contributed by atoms with van der Waals surface area (Å²) in [6, 6.07) is 17.3. The molecule has 4 nitrogen and oxygen atoms in total. The molecule has 1 aliphatic rings. The van der Waals surface area contributed by atoms with E-state index in [-0.39, 0.29) is 0 Å². The molecule has 0 aromatic heterocycles. The van der Waals surface area contributed by atoms with Crippen molar-refractivity contribution >= 4 is 11.6 Å². The Hall–Kier alpha value is -3.55. The number of hydrogen-bond donors (Lipinski definition) is 2. The van der Waals surface area contributed by atoms with E-state index in [2.05, 4.69) is 90.7 Å². The van der Waals surface area contributed by atoms with Gasteiger partial charge in [0.15, 0.2) is 6.19 Å². The van der Waals surface area contributed by atoms with Crippen LogP contribution >= 0.6 is 0 Å². The molecule has 4 heteroatoms. The minimum atomic E-state index is 0.345. The van der Waals surface area contributed by atoms with E-state index in [9.17, 15) is 0 Å². The lowest BCUT2D eigenvalue weighted by molar-refractivity contribution is 0.316. The topological polar surface area (TPSA) is 51.1 Å². The van der Waals surface area contributed by atoms with Gasteiger partial charge in [0.1, 0.15) is 0 Å². The number of rotatable bonds is 11. The first kappa shape index (κ1) is 24.1. The number of benzene rings is 2. The zero-order chi connectivity index (χ0) is 23.6. The molecule has 1 aliphatic heterocycles. The maximum atomic E-state index is 8.66. The van der Waals surface area contributed by atoms with Crippen molar-refractivity contribution in [3.05, 3.63) is 108 Å². The highest BCUT2D eigenvalue weighted by Crippen LogP contribution is 2.24. The lowest BCUT2D eigenvalue weighted by Gasteiger charge is -2.31. The predicted molar refractivity (Wildman–Crippen MR) is 139 cm³/mol. The second-order valence-corrected chi connectivity index (χ2v) is 8.57. The van der Waals surface area contributed by atoms with Gasteiger partial charge < -0.3 is 10.2 Å². The highest BCUT2D eigenvalue weighted by Gasteiger charge is 2.22. The van der Waals surface area contributed by atoms with Crippen LogP contribution in [0.3, 0.4) is 0 Å². The van der Waals surface area contributed by atoms with Crippen LogP contribution in [0, 0.1) is 18.4 Å².